The van der Waals surface area contributed by atoms with E-state index in [1.54, 1.807) is 6.33 Å². The number of aromatic amines is 1. The maximum Gasteiger partial charge on any atom is 0.0921 e. The molecule has 1 aliphatic carbocycles. The Bertz CT molecular complexity index is 478. The molecule has 3 rings (SSSR count). The molecule has 4 heteroatoms. The Balaban J connectivity index is 1.57. The van der Waals surface area contributed by atoms with Crippen molar-refractivity contribution in [1.82, 2.24) is 20.3 Å². The lowest BCUT2D eigenvalue weighted by molar-refractivity contribution is 0.523. The molecule has 0 aromatic carbocycles. The van der Waals surface area contributed by atoms with Crippen LogP contribution < -0.4 is 5.32 Å². The molecule has 2 aromatic heterocycles. The molecule has 0 radical (unpaired) electrons. The van der Waals surface area contributed by atoms with Gasteiger partial charge >= 0.3 is 0 Å². The molecule has 0 bridgehead atoms. The van der Waals surface area contributed by atoms with Crippen LogP contribution in [0, 0.1) is 0 Å². The van der Waals surface area contributed by atoms with Crippen molar-refractivity contribution < 1.29 is 0 Å². The van der Waals surface area contributed by atoms with Gasteiger partial charge in [0.25, 0.3) is 0 Å². The van der Waals surface area contributed by atoms with E-state index < -0.39 is 0 Å². The lowest BCUT2D eigenvalue weighted by atomic mass is 10.2. The van der Waals surface area contributed by atoms with Crippen LogP contribution in [0.15, 0.2) is 30.9 Å². The predicted molar refractivity (Wildman–Crippen MR) is 65.6 cm³/mol. The Morgan fingerprint density at radius 3 is 3.35 bits per heavy atom. The first-order chi connectivity index (χ1) is 8.43. The number of hydrogen-bond acceptors (Lipinski definition) is 3. The molecule has 0 aliphatic heterocycles. The van der Waals surface area contributed by atoms with Crippen molar-refractivity contribution in [2.75, 3.05) is 6.54 Å². The molecule has 2 heterocycles. The van der Waals surface area contributed by atoms with Crippen molar-refractivity contribution in [2.24, 2.45) is 0 Å². The molecular weight excluding hydrogens is 212 g/mol. The number of aryl methyl sites for hydroxylation is 1. The van der Waals surface area contributed by atoms with E-state index in [0.29, 0.717) is 6.04 Å². The van der Waals surface area contributed by atoms with E-state index in [-0.39, 0.29) is 0 Å². The molecule has 4 nitrogen and oxygen atoms in total. The highest BCUT2D eigenvalue weighted by atomic mass is 15.0. The first-order valence-corrected chi connectivity index (χ1v) is 6.08. The fourth-order valence-electron chi connectivity index (χ4n) is 2.41. The highest BCUT2D eigenvalue weighted by Gasteiger charge is 2.22. The van der Waals surface area contributed by atoms with Gasteiger partial charge in [0, 0.05) is 31.1 Å². The number of pyridine rings is 1. The van der Waals surface area contributed by atoms with E-state index in [0.717, 1.165) is 25.8 Å². The van der Waals surface area contributed by atoms with Crippen molar-refractivity contribution >= 4 is 0 Å². The zero-order valence-corrected chi connectivity index (χ0v) is 9.69. The lowest BCUT2D eigenvalue weighted by Crippen LogP contribution is -2.22. The van der Waals surface area contributed by atoms with E-state index in [9.17, 15) is 0 Å². The van der Waals surface area contributed by atoms with Gasteiger partial charge in [-0.25, -0.2) is 4.98 Å². The molecule has 1 unspecified atom stereocenters. The van der Waals surface area contributed by atoms with Gasteiger partial charge in [-0.05, 0) is 24.5 Å². The Morgan fingerprint density at radius 1 is 1.47 bits per heavy atom. The Hall–Kier alpha value is -1.68. The number of rotatable bonds is 4. The fraction of sp³-hybridized carbons (Fsp3) is 0.385. The normalized spacial score (nSPS) is 18.2. The Labute approximate surface area is 101 Å². The van der Waals surface area contributed by atoms with Crippen molar-refractivity contribution in [3.63, 3.8) is 0 Å². The molecule has 2 N–H and O–H groups in total. The van der Waals surface area contributed by atoms with Crippen LogP contribution in [-0.2, 0) is 12.8 Å². The molecule has 17 heavy (non-hydrogen) atoms. The van der Waals surface area contributed by atoms with Gasteiger partial charge in [-0.3, -0.25) is 4.98 Å². The Kier molecular flexibility index (Phi) is 2.88. The first-order valence-electron chi connectivity index (χ1n) is 6.08. The molecule has 1 atom stereocenters. The van der Waals surface area contributed by atoms with Crippen LogP contribution in [0.4, 0.5) is 0 Å². The summed E-state index contributed by atoms with van der Waals surface area (Å²) >= 11 is 0. The number of aromatic nitrogens is 3. The average Bonchev–Trinajstić information content (AvgIpc) is 2.99. The summed E-state index contributed by atoms with van der Waals surface area (Å²) in [6.07, 6.45) is 8.77. The molecule has 0 saturated heterocycles. The zero-order valence-electron chi connectivity index (χ0n) is 9.69. The third-order valence-electron chi connectivity index (χ3n) is 3.30. The molecular formula is C13H16N4. The SMILES string of the molecule is c1cnc2c(c1)CCC2NCCc1cnc[nH]1. The minimum atomic E-state index is 0.425. The summed E-state index contributed by atoms with van der Waals surface area (Å²) in [6.45, 7) is 0.961. The summed E-state index contributed by atoms with van der Waals surface area (Å²) in [5, 5.41) is 3.57. The minimum absolute atomic E-state index is 0.425. The van der Waals surface area contributed by atoms with E-state index in [4.69, 9.17) is 0 Å². The van der Waals surface area contributed by atoms with Crippen LogP contribution in [-0.4, -0.2) is 21.5 Å². The summed E-state index contributed by atoms with van der Waals surface area (Å²) in [5.74, 6) is 0. The number of fused-ring (bicyclic) bond motifs is 1. The number of hydrogen-bond donors (Lipinski definition) is 2. The zero-order chi connectivity index (χ0) is 11.5. The summed E-state index contributed by atoms with van der Waals surface area (Å²) in [7, 11) is 0. The summed E-state index contributed by atoms with van der Waals surface area (Å²) in [4.78, 5) is 11.6. The average molecular weight is 228 g/mol. The van der Waals surface area contributed by atoms with Gasteiger partial charge in [-0.2, -0.15) is 0 Å². The van der Waals surface area contributed by atoms with Gasteiger partial charge in [0.1, 0.15) is 0 Å². The van der Waals surface area contributed by atoms with Crippen molar-refractivity contribution in [1.29, 1.82) is 0 Å². The fourth-order valence-corrected chi connectivity index (χ4v) is 2.41. The molecule has 0 amide bonds. The van der Waals surface area contributed by atoms with Gasteiger partial charge in [-0.1, -0.05) is 6.07 Å². The molecule has 0 fully saturated rings. The lowest BCUT2D eigenvalue weighted by Gasteiger charge is -2.12. The largest absolute Gasteiger partial charge is 0.348 e. The van der Waals surface area contributed by atoms with Crippen LogP contribution in [0.25, 0.3) is 0 Å². The van der Waals surface area contributed by atoms with Crippen molar-refractivity contribution in [3.05, 3.63) is 47.8 Å². The van der Waals surface area contributed by atoms with Gasteiger partial charge < -0.3 is 10.3 Å². The molecule has 88 valence electrons. The van der Waals surface area contributed by atoms with Gasteiger partial charge in [-0.15, -0.1) is 0 Å². The molecule has 1 aliphatic rings. The van der Waals surface area contributed by atoms with E-state index in [2.05, 4.69) is 26.3 Å². The second-order valence-electron chi connectivity index (χ2n) is 4.42. The highest BCUT2D eigenvalue weighted by molar-refractivity contribution is 5.27. The predicted octanol–water partition coefficient (Wildman–Crippen LogP) is 1.62. The summed E-state index contributed by atoms with van der Waals surface area (Å²) in [6, 6.07) is 4.62. The summed E-state index contributed by atoms with van der Waals surface area (Å²) < 4.78 is 0. The topological polar surface area (TPSA) is 53.6 Å². The van der Waals surface area contributed by atoms with Crippen LogP contribution >= 0.6 is 0 Å². The van der Waals surface area contributed by atoms with Crippen molar-refractivity contribution in [2.45, 2.75) is 25.3 Å². The number of H-pyrrole nitrogens is 1. The maximum atomic E-state index is 4.47. The first kappa shape index (κ1) is 10.5. The maximum absolute atomic E-state index is 4.47. The van der Waals surface area contributed by atoms with E-state index in [1.165, 1.54) is 17.0 Å². The quantitative estimate of drug-likeness (QED) is 0.836. The van der Waals surface area contributed by atoms with Gasteiger partial charge in [0.15, 0.2) is 0 Å². The number of imidazole rings is 1. The monoisotopic (exact) mass is 228 g/mol. The smallest absolute Gasteiger partial charge is 0.0921 e. The molecule has 0 saturated carbocycles. The second kappa shape index (κ2) is 4.67. The van der Waals surface area contributed by atoms with E-state index >= 15 is 0 Å². The number of nitrogens with zero attached hydrogens (tertiary/aromatic N) is 2. The Morgan fingerprint density at radius 2 is 2.47 bits per heavy atom. The second-order valence-corrected chi connectivity index (χ2v) is 4.42. The van der Waals surface area contributed by atoms with Crippen LogP contribution in [0.2, 0.25) is 0 Å². The van der Waals surface area contributed by atoms with Crippen LogP contribution in [0.3, 0.4) is 0 Å². The van der Waals surface area contributed by atoms with Gasteiger partial charge in [0.2, 0.25) is 0 Å². The highest BCUT2D eigenvalue weighted by Crippen LogP contribution is 2.28. The molecule has 2 aromatic rings. The standard InChI is InChI=1S/C13H16N4/c1-2-10-3-4-12(13(10)16-6-1)15-7-5-11-8-14-9-17-11/h1-2,6,8-9,12,15H,3-5,7H2,(H,14,17). The van der Waals surface area contributed by atoms with E-state index in [1.807, 2.05) is 18.5 Å². The third-order valence-corrected chi connectivity index (χ3v) is 3.30. The molecule has 0 spiro atoms. The van der Waals surface area contributed by atoms with Crippen LogP contribution in [0.1, 0.15) is 29.4 Å². The van der Waals surface area contributed by atoms with Crippen LogP contribution in [0.5, 0.6) is 0 Å². The minimum Gasteiger partial charge on any atom is -0.348 e. The van der Waals surface area contributed by atoms with Gasteiger partial charge in [0.05, 0.1) is 18.1 Å². The van der Waals surface area contributed by atoms with Crippen molar-refractivity contribution in [3.8, 4) is 0 Å². The third kappa shape index (κ3) is 2.22. The summed E-state index contributed by atoms with van der Waals surface area (Å²) in [5.41, 5.74) is 3.81. The number of nitrogens with one attached hydrogen (secondary N) is 2.